The van der Waals surface area contributed by atoms with Crippen LogP contribution in [0.3, 0.4) is 0 Å². The Kier molecular flexibility index (Phi) is 3.92. The minimum absolute atomic E-state index is 0.468. The molecule has 1 aliphatic rings. The molecule has 0 amide bonds. The number of methoxy groups -OCH3 is 1. The zero-order valence-corrected chi connectivity index (χ0v) is 8.10. The Hall–Kier alpha value is -1.58. The summed E-state index contributed by atoms with van der Waals surface area (Å²) in [5, 5.41) is 0. The maximum Gasteiger partial charge on any atom is 0.212 e. The summed E-state index contributed by atoms with van der Waals surface area (Å²) in [5.41, 5.74) is 1.61. The lowest BCUT2D eigenvalue weighted by Crippen LogP contribution is -1.92. The number of rotatable bonds is 3. The molecule has 0 saturated heterocycles. The minimum atomic E-state index is 0.468. The van der Waals surface area contributed by atoms with Crippen molar-refractivity contribution in [1.82, 2.24) is 0 Å². The second-order valence-corrected chi connectivity index (χ2v) is 2.69. The summed E-state index contributed by atoms with van der Waals surface area (Å²) in [6.07, 6.45) is 7.80. The van der Waals surface area contributed by atoms with E-state index in [0.717, 1.165) is 12.1 Å². The summed E-state index contributed by atoms with van der Waals surface area (Å²) in [6, 6.07) is 0. The van der Waals surface area contributed by atoms with Gasteiger partial charge in [-0.05, 0) is 12.8 Å². The Morgan fingerprint density at radius 1 is 1.79 bits per heavy atom. The van der Waals surface area contributed by atoms with Gasteiger partial charge in [-0.2, -0.15) is 0 Å². The number of hydrogen-bond acceptors (Lipinski definition) is 3. The van der Waals surface area contributed by atoms with E-state index in [1.54, 1.807) is 19.4 Å². The first-order valence-corrected chi connectivity index (χ1v) is 4.17. The lowest BCUT2D eigenvalue weighted by atomic mass is 9.94. The van der Waals surface area contributed by atoms with Crippen molar-refractivity contribution in [3.05, 3.63) is 35.3 Å². The lowest BCUT2D eigenvalue weighted by Gasteiger charge is -2.03. The fourth-order valence-electron chi connectivity index (χ4n) is 0.949. The molecule has 70 valence electrons. The molecule has 4 heteroatoms. The van der Waals surface area contributed by atoms with Crippen LogP contribution >= 0.6 is 0 Å². The Balaban J connectivity index is 2.68. The molecule has 0 aromatic heterocycles. The molecule has 0 bridgehead atoms. The van der Waals surface area contributed by atoms with Gasteiger partial charge in [0.05, 0.1) is 7.11 Å². The third-order valence-electron chi connectivity index (χ3n) is 1.71. The Labute approximate surface area is 85.0 Å². The van der Waals surface area contributed by atoms with Gasteiger partial charge < -0.3 is 4.74 Å². The van der Waals surface area contributed by atoms with E-state index in [0.29, 0.717) is 11.4 Å². The van der Waals surface area contributed by atoms with Crippen LogP contribution in [-0.4, -0.2) is 27.9 Å². The molecule has 0 unspecified atom stereocenters. The van der Waals surface area contributed by atoms with Crippen molar-refractivity contribution in [3.63, 3.8) is 0 Å². The minimum Gasteiger partial charge on any atom is -0.481 e. The number of hydrogen-bond donors (Lipinski definition) is 0. The zero-order valence-electron chi connectivity index (χ0n) is 8.10. The van der Waals surface area contributed by atoms with Gasteiger partial charge in [-0.1, -0.05) is 11.5 Å². The predicted octanol–water partition coefficient (Wildman–Crippen LogP) is 1.59. The van der Waals surface area contributed by atoms with Gasteiger partial charge in [0.15, 0.2) is 0 Å². The van der Waals surface area contributed by atoms with Crippen LogP contribution < -0.4 is 0 Å². The molecule has 1 heterocycles. The van der Waals surface area contributed by atoms with Crippen molar-refractivity contribution >= 4 is 20.8 Å². The van der Waals surface area contributed by atoms with Crippen molar-refractivity contribution in [3.8, 4) is 0 Å². The van der Waals surface area contributed by atoms with Crippen LogP contribution in [0, 0.1) is 0 Å². The van der Waals surface area contributed by atoms with Crippen molar-refractivity contribution in [1.29, 1.82) is 0 Å². The van der Waals surface area contributed by atoms with Gasteiger partial charge in [-0.25, -0.2) is 4.99 Å². The van der Waals surface area contributed by atoms with Gasteiger partial charge in [0, 0.05) is 24.4 Å². The van der Waals surface area contributed by atoms with Crippen molar-refractivity contribution in [2.75, 3.05) is 7.11 Å². The summed E-state index contributed by atoms with van der Waals surface area (Å²) in [7, 11) is 7.06. The first-order valence-electron chi connectivity index (χ1n) is 4.17. The highest BCUT2D eigenvalue weighted by Gasteiger charge is 1.97. The van der Waals surface area contributed by atoms with Gasteiger partial charge in [-0.3, -0.25) is 4.99 Å². The number of ether oxygens (including phenoxy) is 1. The maximum atomic E-state index is 5.52. The Morgan fingerprint density at radius 3 is 3.07 bits per heavy atom. The van der Waals surface area contributed by atoms with Gasteiger partial charge in [0.2, 0.25) is 5.88 Å². The van der Waals surface area contributed by atoms with E-state index in [2.05, 4.69) is 16.7 Å². The predicted molar refractivity (Wildman–Crippen MR) is 59.7 cm³/mol. The van der Waals surface area contributed by atoms with E-state index in [1.807, 2.05) is 12.2 Å². The van der Waals surface area contributed by atoms with Crippen molar-refractivity contribution in [2.45, 2.75) is 6.42 Å². The quantitative estimate of drug-likeness (QED) is 0.374. The summed E-state index contributed by atoms with van der Waals surface area (Å²) in [5.74, 6) is 0.468. The number of nitrogens with zero attached hydrogens (tertiary/aromatic N) is 2. The number of allylic oxidation sites excluding steroid dienone is 4. The summed E-state index contributed by atoms with van der Waals surface area (Å²) >= 11 is 0. The summed E-state index contributed by atoms with van der Waals surface area (Å²) < 4.78 is 4.91. The average molecular weight is 186 g/mol. The van der Waals surface area contributed by atoms with E-state index < -0.39 is 0 Å². The van der Waals surface area contributed by atoms with Gasteiger partial charge in [0.1, 0.15) is 7.85 Å². The third kappa shape index (κ3) is 3.05. The smallest absolute Gasteiger partial charge is 0.212 e. The summed E-state index contributed by atoms with van der Waals surface area (Å²) in [6.45, 7) is 3.36. The fourth-order valence-corrected chi connectivity index (χ4v) is 0.949. The molecule has 0 aliphatic carbocycles. The van der Waals surface area contributed by atoms with Crippen LogP contribution in [0.4, 0.5) is 0 Å². The van der Waals surface area contributed by atoms with Crippen LogP contribution in [-0.2, 0) is 4.74 Å². The normalized spacial score (nSPS) is 19.4. The molecule has 14 heavy (non-hydrogen) atoms. The molecular weight excluding hydrogens is 175 g/mol. The first-order chi connectivity index (χ1) is 6.76. The lowest BCUT2D eigenvalue weighted by molar-refractivity contribution is 0.289. The number of aliphatic imine (C=N–C) groups is 2. The van der Waals surface area contributed by atoms with E-state index in [1.165, 1.54) is 0 Å². The van der Waals surface area contributed by atoms with E-state index in [4.69, 9.17) is 12.6 Å². The molecule has 0 fully saturated rings. The third-order valence-corrected chi connectivity index (χ3v) is 1.71. The topological polar surface area (TPSA) is 34.0 Å². The van der Waals surface area contributed by atoms with Gasteiger partial charge >= 0.3 is 0 Å². The standard InChI is InChI=1S/C10H11BN2O/c1-12-10(14-2)6-5-9-4-3-8(11)7-13-9/h3,5-7H,1,4H2,2H3/b9-5+,10-6+. The molecule has 0 aromatic rings. The summed E-state index contributed by atoms with van der Waals surface area (Å²) in [4.78, 5) is 7.79. The Bertz CT molecular complexity index is 340. The van der Waals surface area contributed by atoms with E-state index >= 15 is 0 Å². The fraction of sp³-hybridized carbons (Fsp3) is 0.200. The highest BCUT2D eigenvalue weighted by Crippen LogP contribution is 2.11. The largest absolute Gasteiger partial charge is 0.481 e. The van der Waals surface area contributed by atoms with Crippen LogP contribution in [0.5, 0.6) is 0 Å². The van der Waals surface area contributed by atoms with Gasteiger partial charge in [0.25, 0.3) is 0 Å². The molecule has 0 atom stereocenters. The molecule has 0 saturated carbocycles. The SMILES string of the molecule is [B]C1=CC/C(=C\C=C(/N=C)OC)N=C1. The molecule has 3 nitrogen and oxygen atoms in total. The maximum absolute atomic E-state index is 5.52. The molecule has 0 aromatic carbocycles. The molecule has 0 N–H and O–H groups in total. The van der Waals surface area contributed by atoms with Gasteiger partial charge in [-0.15, -0.1) is 0 Å². The molecule has 0 spiro atoms. The van der Waals surface area contributed by atoms with Crippen molar-refractivity contribution in [2.24, 2.45) is 9.98 Å². The molecule has 1 aliphatic heterocycles. The highest BCUT2D eigenvalue weighted by atomic mass is 16.5. The van der Waals surface area contributed by atoms with Crippen molar-refractivity contribution < 1.29 is 4.74 Å². The molecular formula is C10H11BN2O. The zero-order chi connectivity index (χ0) is 10.4. The second-order valence-electron chi connectivity index (χ2n) is 2.69. The Morgan fingerprint density at radius 2 is 2.57 bits per heavy atom. The van der Waals surface area contributed by atoms with Crippen LogP contribution in [0.2, 0.25) is 0 Å². The molecule has 1 rings (SSSR count). The van der Waals surface area contributed by atoms with Crippen LogP contribution in [0.1, 0.15) is 6.42 Å². The average Bonchev–Trinajstić information content (AvgIpc) is 2.22. The first kappa shape index (κ1) is 10.5. The molecule has 2 radical (unpaired) electrons. The highest BCUT2D eigenvalue weighted by molar-refractivity contribution is 6.33. The van der Waals surface area contributed by atoms with E-state index in [9.17, 15) is 0 Å². The number of dihydropyridines is 1. The second kappa shape index (κ2) is 5.22. The monoisotopic (exact) mass is 186 g/mol. The van der Waals surface area contributed by atoms with Crippen LogP contribution in [0.15, 0.2) is 45.3 Å². The van der Waals surface area contributed by atoms with E-state index in [-0.39, 0.29) is 0 Å². The van der Waals surface area contributed by atoms with Crippen LogP contribution in [0.25, 0.3) is 0 Å².